The summed E-state index contributed by atoms with van der Waals surface area (Å²) in [7, 11) is 0. The minimum atomic E-state index is -1.33. The third-order valence-corrected chi connectivity index (χ3v) is 3.13. The van der Waals surface area contributed by atoms with Gasteiger partial charge in [-0.15, -0.1) is 0 Å². The normalized spacial score (nSPS) is 14.1. The number of ether oxygens (including phenoxy) is 1. The SMILES string of the molecule is O=C(O)c1cc(Oc2cccc(C3CC3)n2)ccc1F. The minimum Gasteiger partial charge on any atom is -0.478 e. The molecule has 1 aliphatic rings. The summed E-state index contributed by atoms with van der Waals surface area (Å²) in [4.78, 5) is 15.2. The molecule has 20 heavy (non-hydrogen) atoms. The van der Waals surface area contributed by atoms with E-state index in [1.54, 1.807) is 6.07 Å². The fourth-order valence-corrected chi connectivity index (χ4v) is 1.95. The number of hydrogen-bond acceptors (Lipinski definition) is 3. The standard InChI is InChI=1S/C15H12FNO3/c16-12-7-6-10(8-11(12)15(18)19)20-14-3-1-2-13(17-14)9-4-5-9/h1-3,6-9H,4-5H2,(H,18,19). The average molecular weight is 273 g/mol. The predicted molar refractivity (Wildman–Crippen MR) is 69.6 cm³/mol. The van der Waals surface area contributed by atoms with Crippen molar-refractivity contribution in [2.24, 2.45) is 0 Å². The van der Waals surface area contributed by atoms with Crippen LogP contribution in [0.4, 0.5) is 4.39 Å². The number of nitrogens with zero attached hydrogens (tertiary/aromatic N) is 1. The summed E-state index contributed by atoms with van der Waals surface area (Å²) < 4.78 is 18.8. The molecule has 1 aromatic heterocycles. The lowest BCUT2D eigenvalue weighted by molar-refractivity contribution is 0.0691. The number of rotatable bonds is 4. The topological polar surface area (TPSA) is 59.4 Å². The third kappa shape index (κ3) is 2.61. The van der Waals surface area contributed by atoms with Crippen LogP contribution in [0, 0.1) is 5.82 Å². The molecule has 0 amide bonds. The highest BCUT2D eigenvalue weighted by Gasteiger charge is 2.25. The van der Waals surface area contributed by atoms with Crippen LogP contribution in [0.15, 0.2) is 36.4 Å². The molecule has 0 saturated heterocycles. The van der Waals surface area contributed by atoms with Crippen molar-refractivity contribution >= 4 is 5.97 Å². The molecule has 1 fully saturated rings. The van der Waals surface area contributed by atoms with Gasteiger partial charge in [0.15, 0.2) is 0 Å². The Hall–Kier alpha value is -2.43. The molecule has 1 N–H and O–H groups in total. The summed E-state index contributed by atoms with van der Waals surface area (Å²) >= 11 is 0. The molecule has 0 spiro atoms. The second kappa shape index (κ2) is 4.92. The van der Waals surface area contributed by atoms with Crippen molar-refractivity contribution in [2.45, 2.75) is 18.8 Å². The fourth-order valence-electron chi connectivity index (χ4n) is 1.95. The summed E-state index contributed by atoms with van der Waals surface area (Å²) in [6.07, 6.45) is 2.27. The summed E-state index contributed by atoms with van der Waals surface area (Å²) in [6, 6.07) is 9.09. The lowest BCUT2D eigenvalue weighted by Crippen LogP contribution is -2.01. The second-order valence-electron chi connectivity index (χ2n) is 4.72. The van der Waals surface area contributed by atoms with E-state index in [0.29, 0.717) is 11.8 Å². The number of pyridine rings is 1. The van der Waals surface area contributed by atoms with Gasteiger partial charge in [-0.2, -0.15) is 0 Å². The van der Waals surface area contributed by atoms with Gasteiger partial charge in [-0.25, -0.2) is 14.2 Å². The van der Waals surface area contributed by atoms with E-state index in [1.165, 1.54) is 6.07 Å². The van der Waals surface area contributed by atoms with Gasteiger partial charge in [0.05, 0.1) is 5.56 Å². The summed E-state index contributed by atoms with van der Waals surface area (Å²) in [5.74, 6) is -0.972. The Bertz CT molecular complexity index is 668. The molecule has 1 aromatic carbocycles. The molecule has 1 saturated carbocycles. The van der Waals surface area contributed by atoms with Crippen LogP contribution in [0.3, 0.4) is 0 Å². The molecule has 0 aliphatic heterocycles. The van der Waals surface area contributed by atoms with Crippen LogP contribution in [-0.2, 0) is 0 Å². The Morgan fingerprint density at radius 3 is 2.80 bits per heavy atom. The summed E-state index contributed by atoms with van der Waals surface area (Å²) in [5.41, 5.74) is 0.559. The number of hydrogen-bond donors (Lipinski definition) is 1. The van der Waals surface area contributed by atoms with Crippen molar-refractivity contribution < 1.29 is 19.0 Å². The molecule has 0 atom stereocenters. The van der Waals surface area contributed by atoms with Gasteiger partial charge in [0, 0.05) is 17.7 Å². The van der Waals surface area contributed by atoms with Gasteiger partial charge >= 0.3 is 5.97 Å². The largest absolute Gasteiger partial charge is 0.478 e. The van der Waals surface area contributed by atoms with Crippen LogP contribution in [0.25, 0.3) is 0 Å². The van der Waals surface area contributed by atoms with E-state index < -0.39 is 17.3 Å². The highest BCUT2D eigenvalue weighted by Crippen LogP contribution is 2.39. The predicted octanol–water partition coefficient (Wildman–Crippen LogP) is 3.59. The Kier molecular flexibility index (Phi) is 3.10. The van der Waals surface area contributed by atoms with Crippen LogP contribution in [0.1, 0.15) is 34.8 Å². The number of aromatic carboxylic acids is 1. The summed E-state index contributed by atoms with van der Waals surface area (Å²) in [5, 5.41) is 8.87. The number of carboxylic acid groups (broad SMARTS) is 1. The number of aromatic nitrogens is 1. The van der Waals surface area contributed by atoms with E-state index in [2.05, 4.69) is 4.98 Å². The average Bonchev–Trinajstić information content (AvgIpc) is 3.25. The first kappa shape index (κ1) is 12.6. The van der Waals surface area contributed by atoms with Gasteiger partial charge in [0.1, 0.15) is 11.6 Å². The third-order valence-electron chi connectivity index (χ3n) is 3.13. The molecule has 1 aliphatic carbocycles. The van der Waals surface area contributed by atoms with Crippen LogP contribution >= 0.6 is 0 Å². The van der Waals surface area contributed by atoms with E-state index in [0.717, 1.165) is 30.7 Å². The first-order chi connectivity index (χ1) is 9.63. The highest BCUT2D eigenvalue weighted by molar-refractivity contribution is 5.88. The van der Waals surface area contributed by atoms with Crippen LogP contribution in [0.2, 0.25) is 0 Å². The quantitative estimate of drug-likeness (QED) is 0.924. The Morgan fingerprint density at radius 2 is 2.10 bits per heavy atom. The van der Waals surface area contributed by atoms with E-state index in [4.69, 9.17) is 9.84 Å². The van der Waals surface area contributed by atoms with Gasteiger partial charge in [0.2, 0.25) is 5.88 Å². The second-order valence-corrected chi connectivity index (χ2v) is 4.72. The van der Waals surface area contributed by atoms with Crippen molar-refractivity contribution in [2.75, 3.05) is 0 Å². The molecular weight excluding hydrogens is 261 g/mol. The first-order valence-electron chi connectivity index (χ1n) is 6.31. The van der Waals surface area contributed by atoms with Crippen molar-refractivity contribution in [3.63, 3.8) is 0 Å². The van der Waals surface area contributed by atoms with Crippen LogP contribution in [0.5, 0.6) is 11.6 Å². The fraction of sp³-hybridized carbons (Fsp3) is 0.200. The molecule has 5 heteroatoms. The van der Waals surface area contributed by atoms with E-state index >= 15 is 0 Å². The molecule has 0 radical (unpaired) electrons. The van der Waals surface area contributed by atoms with Crippen molar-refractivity contribution in [3.05, 3.63) is 53.5 Å². The van der Waals surface area contributed by atoms with Gasteiger partial charge in [0.25, 0.3) is 0 Å². The van der Waals surface area contributed by atoms with E-state index in [1.807, 2.05) is 12.1 Å². The van der Waals surface area contributed by atoms with Crippen molar-refractivity contribution in [1.82, 2.24) is 4.98 Å². The van der Waals surface area contributed by atoms with E-state index in [-0.39, 0.29) is 5.75 Å². The lowest BCUT2D eigenvalue weighted by atomic mass is 10.2. The van der Waals surface area contributed by atoms with Crippen LogP contribution < -0.4 is 4.74 Å². The van der Waals surface area contributed by atoms with Gasteiger partial charge in [-0.05, 0) is 37.1 Å². The monoisotopic (exact) mass is 273 g/mol. The van der Waals surface area contributed by atoms with Gasteiger partial charge in [-0.3, -0.25) is 0 Å². The van der Waals surface area contributed by atoms with E-state index in [9.17, 15) is 9.18 Å². The Balaban J connectivity index is 1.85. The smallest absolute Gasteiger partial charge is 0.338 e. The molecule has 102 valence electrons. The Morgan fingerprint density at radius 1 is 1.30 bits per heavy atom. The highest BCUT2D eigenvalue weighted by atomic mass is 19.1. The maximum absolute atomic E-state index is 13.3. The Labute approximate surface area is 114 Å². The number of carboxylic acids is 1. The molecule has 1 heterocycles. The molecule has 0 bridgehead atoms. The molecule has 4 nitrogen and oxygen atoms in total. The maximum Gasteiger partial charge on any atom is 0.338 e. The molecule has 0 unspecified atom stereocenters. The maximum atomic E-state index is 13.3. The number of carbonyl (C=O) groups is 1. The zero-order valence-corrected chi connectivity index (χ0v) is 10.5. The minimum absolute atomic E-state index is 0.254. The first-order valence-corrected chi connectivity index (χ1v) is 6.31. The van der Waals surface area contributed by atoms with Crippen molar-refractivity contribution in [1.29, 1.82) is 0 Å². The zero-order chi connectivity index (χ0) is 14.1. The van der Waals surface area contributed by atoms with Crippen LogP contribution in [-0.4, -0.2) is 16.1 Å². The van der Waals surface area contributed by atoms with Gasteiger partial charge in [-0.1, -0.05) is 6.07 Å². The number of benzene rings is 1. The number of halogens is 1. The van der Waals surface area contributed by atoms with Crippen molar-refractivity contribution in [3.8, 4) is 11.6 Å². The summed E-state index contributed by atoms with van der Waals surface area (Å²) in [6.45, 7) is 0. The molecule has 3 rings (SSSR count). The van der Waals surface area contributed by atoms with Gasteiger partial charge < -0.3 is 9.84 Å². The molecular formula is C15H12FNO3. The molecule has 2 aromatic rings. The zero-order valence-electron chi connectivity index (χ0n) is 10.5. The lowest BCUT2D eigenvalue weighted by Gasteiger charge is -2.07.